The number of hydrogen-bond acceptors (Lipinski definition) is 10. The van der Waals surface area contributed by atoms with Gasteiger partial charge in [-0.3, -0.25) is 24.1 Å². The Hall–Kier alpha value is -3.70. The Labute approximate surface area is 293 Å². The van der Waals surface area contributed by atoms with Crippen LogP contribution >= 0.6 is 34.7 Å². The Morgan fingerprint density at radius 2 is 1.78 bits per heavy atom. The van der Waals surface area contributed by atoms with Gasteiger partial charge in [0.05, 0.1) is 21.8 Å². The number of benzene rings is 2. The number of carbonyl (C=O) groups is 4. The molecule has 2 bridgehead atoms. The molecule has 3 aromatic rings. The second-order valence-electron chi connectivity index (χ2n) is 13.1. The topological polar surface area (TPSA) is 206 Å². The van der Waals surface area contributed by atoms with Crippen molar-refractivity contribution >= 4 is 74.1 Å². The Morgan fingerprint density at radius 3 is 2.41 bits per heavy atom. The molecule has 49 heavy (non-hydrogen) atoms. The molecule has 1 aromatic heterocycles. The molecule has 1 saturated heterocycles. The highest BCUT2D eigenvalue weighted by atomic mass is 35.5. The summed E-state index contributed by atoms with van der Waals surface area (Å²) in [6, 6.07) is 9.06. The number of anilines is 1. The molecule has 0 spiro atoms. The summed E-state index contributed by atoms with van der Waals surface area (Å²) in [5.74, 6) is -5.31. The second kappa shape index (κ2) is 12.3. The van der Waals surface area contributed by atoms with Crippen LogP contribution in [0.3, 0.4) is 0 Å². The number of aromatic nitrogens is 1. The molecule has 2 aromatic carbocycles. The predicted octanol–water partition coefficient (Wildman–Crippen LogP) is 3.34. The number of hydrogen-bond donors (Lipinski definition) is 4. The molecule has 3 amide bonds. The third-order valence-electron chi connectivity index (χ3n) is 10.1. The summed E-state index contributed by atoms with van der Waals surface area (Å²) in [5, 5.41) is 18.7. The zero-order chi connectivity index (χ0) is 35.1. The number of carboxylic acid groups (broad SMARTS) is 1. The number of halogens is 1. The highest BCUT2D eigenvalue weighted by Crippen LogP contribution is 2.69. The minimum absolute atomic E-state index is 0.104. The summed E-state index contributed by atoms with van der Waals surface area (Å²) < 4.78 is 29.2. The van der Waals surface area contributed by atoms with Crippen LogP contribution in [0.2, 0.25) is 5.02 Å². The largest absolute Gasteiger partial charge is 0.483 e. The molecule has 7 unspecified atom stereocenters. The number of amides is 3. The lowest BCUT2D eigenvalue weighted by Crippen LogP contribution is -2.49. The fraction of sp³-hybridized carbons (Fsp3) is 0.406. The highest BCUT2D eigenvalue weighted by molar-refractivity contribution is 8.00. The van der Waals surface area contributed by atoms with Crippen molar-refractivity contribution in [2.45, 2.75) is 47.4 Å². The quantitative estimate of drug-likeness (QED) is 0.235. The van der Waals surface area contributed by atoms with Crippen molar-refractivity contribution in [2.75, 3.05) is 11.9 Å². The van der Waals surface area contributed by atoms with Gasteiger partial charge in [0.15, 0.2) is 6.61 Å². The van der Waals surface area contributed by atoms with Crippen LogP contribution in [0.15, 0.2) is 57.2 Å². The van der Waals surface area contributed by atoms with E-state index in [4.69, 9.17) is 21.5 Å². The number of imide groups is 1. The lowest BCUT2D eigenvalue weighted by atomic mass is 9.68. The van der Waals surface area contributed by atoms with Crippen molar-refractivity contribution in [1.82, 2.24) is 9.88 Å². The first-order valence-corrected chi connectivity index (χ1v) is 19.1. The van der Waals surface area contributed by atoms with Crippen molar-refractivity contribution in [3.05, 3.63) is 67.6 Å². The normalized spacial score (nSPS) is 27.5. The van der Waals surface area contributed by atoms with E-state index >= 15 is 0 Å². The van der Waals surface area contributed by atoms with E-state index in [-0.39, 0.29) is 32.8 Å². The van der Waals surface area contributed by atoms with Gasteiger partial charge in [-0.15, -0.1) is 11.8 Å². The average molecular weight is 747 g/mol. The van der Waals surface area contributed by atoms with E-state index in [1.165, 1.54) is 36.0 Å². The van der Waals surface area contributed by atoms with Gasteiger partial charge in [-0.25, -0.2) is 18.4 Å². The molecule has 258 valence electrons. The molecule has 2 aliphatic heterocycles. The molecule has 0 radical (unpaired) electrons. The number of nitrogens with two attached hydrogens (primary N) is 1. The van der Waals surface area contributed by atoms with Gasteiger partial charge in [-0.05, 0) is 72.6 Å². The Kier molecular flexibility index (Phi) is 8.45. The lowest BCUT2D eigenvalue weighted by molar-refractivity contribution is -0.157. The molecule has 3 heterocycles. The summed E-state index contributed by atoms with van der Waals surface area (Å²) in [6.45, 7) is 2.93. The molecule has 2 saturated carbocycles. The first kappa shape index (κ1) is 33.8. The van der Waals surface area contributed by atoms with Crippen LogP contribution in [-0.4, -0.2) is 65.0 Å². The van der Waals surface area contributed by atoms with Gasteiger partial charge in [-0.1, -0.05) is 36.8 Å². The lowest BCUT2D eigenvalue weighted by Gasteiger charge is -2.43. The number of primary sulfonamides is 1. The minimum Gasteiger partial charge on any atom is -0.483 e. The number of ether oxygens (including phenoxy) is 1. The monoisotopic (exact) mass is 746 g/mol. The Balaban J connectivity index is 1.20. The van der Waals surface area contributed by atoms with E-state index in [0.717, 1.165) is 21.1 Å². The summed E-state index contributed by atoms with van der Waals surface area (Å²) in [7, 11) is -3.90. The van der Waals surface area contributed by atoms with E-state index in [1.54, 1.807) is 32.0 Å². The van der Waals surface area contributed by atoms with Crippen LogP contribution in [0.4, 0.5) is 5.69 Å². The summed E-state index contributed by atoms with van der Waals surface area (Å²) in [5.41, 5.74) is 0.947. The molecule has 4 aliphatic rings. The van der Waals surface area contributed by atoms with E-state index < -0.39 is 70.0 Å². The number of nitrogens with zero attached hydrogens (tertiary/aromatic N) is 1. The van der Waals surface area contributed by atoms with Crippen LogP contribution in [0, 0.1) is 35.5 Å². The average Bonchev–Trinajstić information content (AvgIpc) is 3.76. The number of likely N-dealkylation sites (tertiary alicyclic amines) is 1. The highest BCUT2D eigenvalue weighted by Gasteiger charge is 2.70. The van der Waals surface area contributed by atoms with Crippen LogP contribution in [0.25, 0.3) is 0 Å². The number of aliphatic carboxylic acids is 1. The number of H-pyrrole nitrogens is 1. The summed E-state index contributed by atoms with van der Waals surface area (Å²) >= 11 is 9.07. The number of carbonyl (C=O) groups excluding carboxylic acids is 3. The van der Waals surface area contributed by atoms with Crippen molar-refractivity contribution in [3.8, 4) is 5.75 Å². The number of thiazole rings is 1. The predicted molar refractivity (Wildman–Crippen MR) is 180 cm³/mol. The zero-order valence-corrected chi connectivity index (χ0v) is 29.2. The summed E-state index contributed by atoms with van der Waals surface area (Å²) in [4.78, 5) is 69.9. The van der Waals surface area contributed by atoms with Crippen molar-refractivity contribution in [1.29, 1.82) is 0 Å². The van der Waals surface area contributed by atoms with E-state index in [9.17, 15) is 37.5 Å². The van der Waals surface area contributed by atoms with Crippen molar-refractivity contribution in [2.24, 2.45) is 40.6 Å². The van der Waals surface area contributed by atoms with Gasteiger partial charge >= 0.3 is 10.8 Å². The van der Waals surface area contributed by atoms with Crippen LogP contribution in [0.5, 0.6) is 5.75 Å². The number of nitrogens with one attached hydrogen (secondary N) is 2. The molecular weight excluding hydrogens is 716 g/mol. The van der Waals surface area contributed by atoms with Crippen LogP contribution < -0.4 is 20.1 Å². The fourth-order valence-electron chi connectivity index (χ4n) is 8.32. The number of thioether (sulfide) groups is 1. The minimum atomic E-state index is -3.90. The molecule has 7 rings (SSSR count). The van der Waals surface area contributed by atoms with Crippen LogP contribution in [-0.2, 0) is 29.2 Å². The first-order chi connectivity index (χ1) is 23.1. The van der Waals surface area contributed by atoms with Crippen molar-refractivity contribution in [3.63, 3.8) is 0 Å². The van der Waals surface area contributed by atoms with Gasteiger partial charge < -0.3 is 20.1 Å². The fourth-order valence-corrected chi connectivity index (χ4v) is 11.9. The third-order valence-corrected chi connectivity index (χ3v) is 13.8. The maximum Gasteiger partial charge on any atom is 0.327 e. The second-order valence-corrected chi connectivity index (χ2v) is 17.3. The van der Waals surface area contributed by atoms with Crippen molar-refractivity contribution < 1.29 is 37.4 Å². The maximum atomic E-state index is 14.0. The van der Waals surface area contributed by atoms with Gasteiger partial charge in [0, 0.05) is 32.3 Å². The van der Waals surface area contributed by atoms with E-state index in [1.807, 2.05) is 0 Å². The molecule has 8 atom stereocenters. The molecular formula is C32H31ClN4O9S3. The van der Waals surface area contributed by atoms with Gasteiger partial charge in [-0.2, -0.15) is 0 Å². The molecule has 3 fully saturated rings. The van der Waals surface area contributed by atoms with Crippen LogP contribution in [0.1, 0.15) is 36.6 Å². The van der Waals surface area contributed by atoms with E-state index in [2.05, 4.69) is 10.3 Å². The molecule has 2 aliphatic carbocycles. The molecule has 5 N–H and O–H groups in total. The van der Waals surface area contributed by atoms with Gasteiger partial charge in [0.25, 0.3) is 5.91 Å². The number of fused-ring (bicyclic) bond motifs is 9. The first-order valence-electron chi connectivity index (χ1n) is 15.5. The number of carboxylic acids is 1. The molecule has 17 heteroatoms. The number of sulfonamides is 1. The Morgan fingerprint density at radius 1 is 1.10 bits per heavy atom. The molecule has 13 nitrogen and oxygen atoms in total. The number of rotatable bonds is 9. The summed E-state index contributed by atoms with van der Waals surface area (Å²) in [6.07, 6.45) is 0.599. The third kappa shape index (κ3) is 5.66. The van der Waals surface area contributed by atoms with E-state index in [0.29, 0.717) is 33.5 Å². The standard InChI is InChI=1S/C32H31ClN4O9S3/c1-12(2)25(31(41)42)37-29(39)23-17-10-18(24(23)30(37)40)26-22(17)21(27-28(47-26)36-32(43)48-27)16-9-13(33)3-8-19(16)46-11-20(38)35-14-4-6-15(7-5-14)49(34,44)45/h3-9,12,17-18,21-26H,10-11H2,1-2H3,(H,35,38)(H,36,43)(H,41,42)(H2,34,44,45)/t17?,18?,21-,22?,23?,24?,25?,26?/m1/s1. The van der Waals surface area contributed by atoms with Gasteiger partial charge in [0.2, 0.25) is 21.8 Å². The SMILES string of the molecule is CC(C)C(C(=O)O)N1C(=O)C2C3CC(C2C1=O)C1C3Sc2[nH]c(=O)sc2[C@@H]1c1cc(Cl)ccc1OCC(=O)Nc1ccc(S(N)(=O)=O)cc1. The smallest absolute Gasteiger partial charge is 0.327 e. The Bertz CT molecular complexity index is 2070. The maximum absolute atomic E-state index is 14.0. The van der Waals surface area contributed by atoms with Gasteiger partial charge in [0.1, 0.15) is 11.8 Å². The zero-order valence-electron chi connectivity index (χ0n) is 26.0. The number of aromatic amines is 1.